The summed E-state index contributed by atoms with van der Waals surface area (Å²) in [6.45, 7) is 7.51. The summed E-state index contributed by atoms with van der Waals surface area (Å²) in [6, 6.07) is 18.5. The fourth-order valence-corrected chi connectivity index (χ4v) is 10.4. The minimum atomic E-state index is -3.96. The highest BCUT2D eigenvalue weighted by molar-refractivity contribution is 7.90. The summed E-state index contributed by atoms with van der Waals surface area (Å²) in [5, 5.41) is 7.52. The Morgan fingerprint density at radius 2 is 1.54 bits per heavy atom. The lowest BCUT2D eigenvalue weighted by atomic mass is 9.91. The third-order valence-electron chi connectivity index (χ3n) is 12.4. The first-order chi connectivity index (χ1) is 29.6. The van der Waals surface area contributed by atoms with Gasteiger partial charge in [0.25, 0.3) is 0 Å². The number of piperidine rings is 2. The van der Waals surface area contributed by atoms with Crippen LogP contribution in [0.5, 0.6) is 0 Å². The number of rotatable bonds is 11. The molecule has 0 saturated carbocycles. The van der Waals surface area contributed by atoms with Crippen molar-refractivity contribution in [2.24, 2.45) is 5.92 Å². The van der Waals surface area contributed by atoms with E-state index in [1.165, 1.54) is 16.4 Å². The Balaban J connectivity index is 0.824. The molecule has 5 aromatic rings. The molecule has 4 saturated heterocycles. The fourth-order valence-electron chi connectivity index (χ4n) is 8.93. The highest BCUT2D eigenvalue weighted by Gasteiger charge is 2.30. The smallest absolute Gasteiger partial charge is 0.301 e. The van der Waals surface area contributed by atoms with Gasteiger partial charge in [0.05, 0.1) is 17.3 Å². The van der Waals surface area contributed by atoms with Crippen molar-refractivity contribution in [3.05, 3.63) is 102 Å². The van der Waals surface area contributed by atoms with E-state index < -0.39 is 16.0 Å². The number of anilines is 3. The average Bonchev–Trinajstić information content (AvgIpc) is 3.99. The molecular formula is C44H48ClFN10O4S. The van der Waals surface area contributed by atoms with Gasteiger partial charge in [-0.25, -0.2) is 14.1 Å². The number of imide groups is 1. The molecule has 2 N–H and O–H groups in total. The van der Waals surface area contributed by atoms with Crippen LogP contribution >= 0.6 is 11.6 Å². The van der Waals surface area contributed by atoms with Gasteiger partial charge >= 0.3 is 10.2 Å². The normalized spacial score (nSPS) is 19.7. The molecule has 61 heavy (non-hydrogen) atoms. The van der Waals surface area contributed by atoms with Crippen LogP contribution in [0.4, 0.5) is 21.6 Å². The minimum Gasteiger partial charge on any atom is -0.369 e. The van der Waals surface area contributed by atoms with E-state index in [4.69, 9.17) is 21.7 Å². The van der Waals surface area contributed by atoms with E-state index in [9.17, 15) is 18.0 Å². The van der Waals surface area contributed by atoms with Gasteiger partial charge in [0.2, 0.25) is 11.8 Å². The van der Waals surface area contributed by atoms with Crippen LogP contribution in [0.1, 0.15) is 50.0 Å². The summed E-state index contributed by atoms with van der Waals surface area (Å²) in [7, 11) is -3.96. The zero-order valence-corrected chi connectivity index (χ0v) is 35.3. The van der Waals surface area contributed by atoms with Crippen LogP contribution in [0, 0.1) is 11.7 Å². The van der Waals surface area contributed by atoms with E-state index in [1.54, 1.807) is 41.6 Å². The summed E-state index contributed by atoms with van der Waals surface area (Å²) in [5.41, 5.74) is 4.34. The molecule has 0 radical (unpaired) electrons. The molecule has 0 spiro atoms. The third kappa shape index (κ3) is 8.99. The van der Waals surface area contributed by atoms with Crippen molar-refractivity contribution in [2.45, 2.75) is 44.4 Å². The van der Waals surface area contributed by atoms with E-state index >= 15 is 4.39 Å². The molecule has 2 amide bonds. The molecular weight excluding hydrogens is 819 g/mol. The lowest BCUT2D eigenvalue weighted by molar-refractivity contribution is -0.134. The van der Waals surface area contributed by atoms with Crippen LogP contribution < -0.4 is 19.8 Å². The number of hydrogen-bond acceptors (Lipinski definition) is 10. The summed E-state index contributed by atoms with van der Waals surface area (Å²) in [6.07, 6.45) is 11.4. The number of carbonyl (C=O) groups is 2. The molecule has 3 aromatic heterocycles. The zero-order chi connectivity index (χ0) is 42.1. The second-order valence-electron chi connectivity index (χ2n) is 16.3. The second-order valence-corrected chi connectivity index (χ2v) is 18.4. The van der Waals surface area contributed by atoms with Crippen LogP contribution in [-0.2, 0) is 19.8 Å². The van der Waals surface area contributed by atoms with Crippen LogP contribution in [-0.4, -0.2) is 108 Å². The molecule has 4 aliphatic heterocycles. The molecule has 14 nitrogen and oxygen atoms in total. The molecule has 1 atom stereocenters. The first-order valence-corrected chi connectivity index (χ1v) is 22.8. The molecule has 0 unspecified atom stereocenters. The number of pyridine rings is 2. The number of halogens is 2. The first kappa shape index (κ1) is 41.0. The second kappa shape index (κ2) is 17.5. The molecule has 0 bridgehead atoms. The van der Waals surface area contributed by atoms with E-state index in [0.29, 0.717) is 43.1 Å². The molecule has 7 heterocycles. The fraction of sp³-hybridized carbons (Fsp3) is 0.386. The number of nitrogens with zero attached hydrogens (tertiary/aromatic N) is 8. The zero-order valence-electron chi connectivity index (χ0n) is 33.7. The Kier molecular flexibility index (Phi) is 11.8. The quantitative estimate of drug-likeness (QED) is 0.149. The van der Waals surface area contributed by atoms with E-state index in [0.717, 1.165) is 99.8 Å². The van der Waals surface area contributed by atoms with Crippen molar-refractivity contribution in [2.75, 3.05) is 73.4 Å². The van der Waals surface area contributed by atoms with Gasteiger partial charge in [0.15, 0.2) is 5.82 Å². The van der Waals surface area contributed by atoms with Crippen molar-refractivity contribution in [3.63, 3.8) is 0 Å². The lowest BCUT2D eigenvalue weighted by Crippen LogP contribution is -2.49. The predicted molar refractivity (Wildman–Crippen MR) is 234 cm³/mol. The summed E-state index contributed by atoms with van der Waals surface area (Å²) >= 11 is 6.51. The van der Waals surface area contributed by atoms with Crippen LogP contribution in [0.2, 0.25) is 5.02 Å². The SMILES string of the molecule is O=C1CC[C@H](c2ccc(N3CCC(CN4CCN(c5ccc(-n6cc(-c7cc(Cl)cc(NS(=O)(=O)N8CCCC8)c7F)c(-c7ccncc7)n6)cc5)CC4)CC3)nc2)C(=O)N1. The first-order valence-electron chi connectivity index (χ1n) is 21.0. The molecule has 0 aliphatic carbocycles. The standard InChI is InChI=1S/C44H48ClFN10O4S/c45-33-25-37(42(46)39(26-33)51-61(59,60)55-17-1-2-18-55)38-29-56(50-43(38)31-11-15-47-16-12-31)35-6-4-34(5-7-35)53-23-21-52(22-24-53)28-30-13-19-54(20-14-30)40-9-3-32(27-48-40)36-8-10-41(57)49-44(36)58/h3-7,9,11-12,15-16,25-27,29-30,36,51H,1-2,8,10,13-14,17-24,28H2,(H,49,57,58)/t36-/m1/s1. The Hall–Kier alpha value is -5.42. The number of amides is 2. The number of piperazine rings is 1. The summed E-state index contributed by atoms with van der Waals surface area (Å²) in [5.74, 6) is 0.0371. The number of carbonyl (C=O) groups excluding carboxylic acids is 2. The minimum absolute atomic E-state index is 0.125. The van der Waals surface area contributed by atoms with Crippen LogP contribution in [0.25, 0.3) is 28.1 Å². The van der Waals surface area contributed by atoms with Gasteiger partial charge in [0, 0.05) is 118 Å². The molecule has 4 aliphatic rings. The lowest BCUT2D eigenvalue weighted by Gasteiger charge is -2.40. The highest BCUT2D eigenvalue weighted by atomic mass is 35.5. The van der Waals surface area contributed by atoms with Crippen molar-refractivity contribution >= 4 is 50.8 Å². The van der Waals surface area contributed by atoms with Crippen LogP contribution in [0.15, 0.2) is 85.5 Å². The van der Waals surface area contributed by atoms with Gasteiger partial charge in [-0.15, -0.1) is 0 Å². The van der Waals surface area contributed by atoms with E-state index in [1.807, 2.05) is 24.3 Å². The molecule has 318 valence electrons. The van der Waals surface area contributed by atoms with Crippen molar-refractivity contribution in [3.8, 4) is 28.1 Å². The molecule has 4 fully saturated rings. The van der Waals surface area contributed by atoms with E-state index in [-0.39, 0.29) is 34.0 Å². The van der Waals surface area contributed by atoms with Gasteiger partial charge in [-0.05, 0) is 98.2 Å². The number of nitrogens with one attached hydrogen (secondary N) is 2. The van der Waals surface area contributed by atoms with Gasteiger partial charge in [-0.1, -0.05) is 17.7 Å². The predicted octanol–water partition coefficient (Wildman–Crippen LogP) is 6.10. The Morgan fingerprint density at radius 1 is 0.820 bits per heavy atom. The maximum atomic E-state index is 16.4. The maximum absolute atomic E-state index is 16.4. The van der Waals surface area contributed by atoms with Crippen molar-refractivity contribution < 1.29 is 22.4 Å². The van der Waals surface area contributed by atoms with Crippen molar-refractivity contribution in [1.29, 1.82) is 0 Å². The Bertz CT molecular complexity index is 2490. The van der Waals surface area contributed by atoms with Gasteiger partial charge in [0.1, 0.15) is 11.5 Å². The van der Waals surface area contributed by atoms with Gasteiger partial charge in [-0.2, -0.15) is 17.8 Å². The Morgan fingerprint density at radius 3 is 2.23 bits per heavy atom. The van der Waals surface area contributed by atoms with Crippen molar-refractivity contribution in [1.82, 2.24) is 34.3 Å². The highest BCUT2D eigenvalue weighted by Crippen LogP contribution is 2.38. The third-order valence-corrected chi connectivity index (χ3v) is 14.1. The summed E-state index contributed by atoms with van der Waals surface area (Å²) in [4.78, 5) is 40.0. The molecule has 9 rings (SSSR count). The topological polar surface area (TPSA) is 149 Å². The number of benzene rings is 2. The molecule has 2 aromatic carbocycles. The van der Waals surface area contributed by atoms with Gasteiger partial charge < -0.3 is 9.80 Å². The average molecular weight is 867 g/mol. The van der Waals surface area contributed by atoms with Crippen LogP contribution in [0.3, 0.4) is 0 Å². The van der Waals surface area contributed by atoms with Gasteiger partial charge in [-0.3, -0.25) is 29.5 Å². The monoisotopic (exact) mass is 866 g/mol. The maximum Gasteiger partial charge on any atom is 0.301 e. The number of aromatic nitrogens is 4. The number of hydrogen-bond donors (Lipinski definition) is 2. The largest absolute Gasteiger partial charge is 0.369 e. The summed E-state index contributed by atoms with van der Waals surface area (Å²) < 4.78 is 48.0. The Labute approximate surface area is 359 Å². The molecule has 17 heteroatoms. The van der Waals surface area contributed by atoms with E-state index in [2.05, 4.69) is 41.9 Å².